The molecule has 0 aliphatic carbocycles. The van der Waals surface area contributed by atoms with Gasteiger partial charge >= 0.3 is 6.18 Å². The van der Waals surface area contributed by atoms with Gasteiger partial charge in [-0.3, -0.25) is 19.0 Å². The van der Waals surface area contributed by atoms with Crippen molar-refractivity contribution in [3.05, 3.63) is 70.4 Å². The topological polar surface area (TPSA) is 85.6 Å². The van der Waals surface area contributed by atoms with Gasteiger partial charge in [0.2, 0.25) is 0 Å². The predicted molar refractivity (Wildman–Crippen MR) is 109 cm³/mol. The van der Waals surface area contributed by atoms with Crippen LogP contribution in [0.2, 0.25) is 0 Å². The van der Waals surface area contributed by atoms with Crippen molar-refractivity contribution in [3.63, 3.8) is 0 Å². The molecule has 31 heavy (non-hydrogen) atoms. The van der Waals surface area contributed by atoms with E-state index in [0.29, 0.717) is 20.9 Å². The van der Waals surface area contributed by atoms with Crippen molar-refractivity contribution in [2.24, 2.45) is 0 Å². The third-order valence-electron chi connectivity index (χ3n) is 4.62. The number of fused-ring (bicyclic) bond motifs is 3. The largest absolute Gasteiger partial charge is 0.497 e. The van der Waals surface area contributed by atoms with E-state index in [1.165, 1.54) is 35.1 Å². The lowest BCUT2D eigenvalue weighted by molar-refractivity contribution is -0.153. The van der Waals surface area contributed by atoms with Crippen molar-refractivity contribution in [1.82, 2.24) is 19.7 Å². The molecule has 0 saturated carbocycles. The number of nitrogens with one attached hydrogen (secondary N) is 1. The monoisotopic (exact) mass is 448 g/mol. The number of alkyl halides is 3. The average Bonchev–Trinajstić information content (AvgIpc) is 3.12. The minimum Gasteiger partial charge on any atom is -0.497 e. The summed E-state index contributed by atoms with van der Waals surface area (Å²) < 4.78 is 47.6. The molecule has 1 N–H and O–H groups in total. The maximum atomic E-state index is 13.5. The van der Waals surface area contributed by atoms with Crippen LogP contribution in [0.5, 0.6) is 5.75 Å². The van der Waals surface area contributed by atoms with Gasteiger partial charge in [-0.1, -0.05) is 17.4 Å². The fourth-order valence-electron chi connectivity index (χ4n) is 3.08. The number of rotatable bonds is 5. The summed E-state index contributed by atoms with van der Waals surface area (Å²) in [6.07, 6.45) is -2.93. The first-order valence-corrected chi connectivity index (χ1v) is 9.85. The molecule has 4 rings (SSSR count). The Bertz CT molecular complexity index is 1320. The van der Waals surface area contributed by atoms with Crippen molar-refractivity contribution in [2.75, 3.05) is 7.11 Å². The Morgan fingerprint density at radius 1 is 1.26 bits per heavy atom. The Hall–Kier alpha value is -3.47. The molecular formula is C20H15F3N4O3S. The first-order valence-electron chi connectivity index (χ1n) is 9.03. The van der Waals surface area contributed by atoms with Gasteiger partial charge in [-0.25, -0.2) is 4.98 Å². The van der Waals surface area contributed by atoms with Crippen LogP contribution < -0.4 is 15.6 Å². The number of halogens is 3. The lowest BCUT2D eigenvalue weighted by atomic mass is 10.1. The highest BCUT2D eigenvalue weighted by molar-refractivity contribution is 7.23. The summed E-state index contributed by atoms with van der Waals surface area (Å²) in [6, 6.07) is 7.33. The third-order valence-corrected chi connectivity index (χ3v) is 5.64. The second-order valence-corrected chi connectivity index (χ2v) is 7.63. The number of hydrogen-bond acceptors (Lipinski definition) is 6. The van der Waals surface area contributed by atoms with Gasteiger partial charge in [0.15, 0.2) is 4.96 Å². The van der Waals surface area contributed by atoms with E-state index in [4.69, 9.17) is 4.74 Å². The average molecular weight is 448 g/mol. The lowest BCUT2D eigenvalue weighted by Crippen LogP contribution is -2.48. The normalized spacial score (nSPS) is 12.8. The molecule has 0 aliphatic heterocycles. The first-order chi connectivity index (χ1) is 14.8. The third kappa shape index (κ3) is 4.08. The number of amides is 1. The van der Waals surface area contributed by atoms with E-state index >= 15 is 0 Å². The molecule has 0 radical (unpaired) electrons. The van der Waals surface area contributed by atoms with Gasteiger partial charge in [0, 0.05) is 24.5 Å². The molecule has 1 unspecified atom stereocenters. The van der Waals surface area contributed by atoms with Gasteiger partial charge in [-0.05, 0) is 30.3 Å². The van der Waals surface area contributed by atoms with Crippen LogP contribution in [0.4, 0.5) is 13.2 Å². The summed E-state index contributed by atoms with van der Waals surface area (Å²) in [4.78, 5) is 33.8. The van der Waals surface area contributed by atoms with Gasteiger partial charge in [0.05, 0.1) is 17.3 Å². The zero-order chi connectivity index (χ0) is 22.2. The molecule has 0 spiro atoms. The summed E-state index contributed by atoms with van der Waals surface area (Å²) in [5.41, 5.74) is -0.594. The molecule has 0 aliphatic rings. The number of thiazole rings is 1. The summed E-state index contributed by atoms with van der Waals surface area (Å²) >= 11 is 1.20. The van der Waals surface area contributed by atoms with Gasteiger partial charge < -0.3 is 10.1 Å². The van der Waals surface area contributed by atoms with Crippen molar-refractivity contribution in [2.45, 2.75) is 18.6 Å². The van der Waals surface area contributed by atoms with E-state index < -0.39 is 35.7 Å². The number of methoxy groups -OCH3 is 1. The predicted octanol–water partition coefficient (Wildman–Crippen LogP) is 3.22. The first kappa shape index (κ1) is 20.8. The number of ether oxygens (including phenoxy) is 1. The molecule has 3 heterocycles. The van der Waals surface area contributed by atoms with E-state index in [1.54, 1.807) is 30.3 Å². The van der Waals surface area contributed by atoms with Crippen LogP contribution in [0.3, 0.4) is 0 Å². The van der Waals surface area contributed by atoms with Crippen molar-refractivity contribution < 1.29 is 22.7 Å². The fourth-order valence-corrected chi connectivity index (χ4v) is 4.09. The standard InChI is InChI=1S/C20H15F3N4O3S/c1-30-12-5-6-14-15(9-12)31-19-25-10-13(18(29)27(14)19)17(28)26-16(20(21,22)23)8-11-4-2-3-7-24-11/h2-7,9-10,16H,8H2,1H3,(H,26,28). The number of pyridine rings is 1. The van der Waals surface area contributed by atoms with E-state index in [1.807, 2.05) is 5.32 Å². The van der Waals surface area contributed by atoms with Crippen LogP contribution in [0.1, 0.15) is 16.1 Å². The SMILES string of the molecule is COc1ccc2c(c1)sc1ncc(C(=O)NC(Cc3ccccn3)C(F)(F)F)c(=O)n12. The van der Waals surface area contributed by atoms with Crippen LogP contribution in [-0.2, 0) is 6.42 Å². The quantitative estimate of drug-likeness (QED) is 0.507. The van der Waals surface area contributed by atoms with Crippen LogP contribution in [0.25, 0.3) is 15.2 Å². The van der Waals surface area contributed by atoms with Gasteiger partial charge in [-0.2, -0.15) is 13.2 Å². The molecule has 1 atom stereocenters. The smallest absolute Gasteiger partial charge is 0.409 e. The maximum absolute atomic E-state index is 13.5. The van der Waals surface area contributed by atoms with Gasteiger partial charge in [0.1, 0.15) is 17.4 Å². The molecule has 0 bridgehead atoms. The van der Waals surface area contributed by atoms with E-state index in [-0.39, 0.29) is 5.69 Å². The van der Waals surface area contributed by atoms with E-state index in [2.05, 4.69) is 9.97 Å². The summed E-state index contributed by atoms with van der Waals surface area (Å²) in [7, 11) is 1.50. The second kappa shape index (κ2) is 7.99. The zero-order valence-corrected chi connectivity index (χ0v) is 16.8. The van der Waals surface area contributed by atoms with Crippen LogP contribution in [-0.4, -0.2) is 39.6 Å². The van der Waals surface area contributed by atoms with Gasteiger partial charge in [-0.15, -0.1) is 0 Å². The Labute approximate surface area is 177 Å². The Morgan fingerprint density at radius 3 is 2.74 bits per heavy atom. The van der Waals surface area contributed by atoms with Crippen LogP contribution in [0, 0.1) is 0 Å². The Balaban J connectivity index is 1.70. The molecular weight excluding hydrogens is 433 g/mol. The molecule has 1 amide bonds. The zero-order valence-electron chi connectivity index (χ0n) is 16.0. The highest BCUT2D eigenvalue weighted by Gasteiger charge is 2.41. The lowest BCUT2D eigenvalue weighted by Gasteiger charge is -2.21. The molecule has 160 valence electrons. The molecule has 7 nitrogen and oxygen atoms in total. The fraction of sp³-hybridized carbons (Fsp3) is 0.200. The number of carbonyl (C=O) groups excluding carboxylic acids is 1. The minimum absolute atomic E-state index is 0.160. The van der Waals surface area contributed by atoms with Gasteiger partial charge in [0.25, 0.3) is 11.5 Å². The number of nitrogens with zero attached hydrogens (tertiary/aromatic N) is 3. The van der Waals surface area contributed by atoms with Crippen molar-refractivity contribution in [3.8, 4) is 5.75 Å². The number of aromatic nitrogens is 3. The molecule has 1 aromatic carbocycles. The molecule has 11 heteroatoms. The molecule has 0 saturated heterocycles. The summed E-state index contributed by atoms with van der Waals surface area (Å²) in [5, 5.41) is 1.91. The van der Waals surface area contributed by atoms with E-state index in [0.717, 1.165) is 6.20 Å². The molecule has 3 aromatic heterocycles. The number of carbonyl (C=O) groups is 1. The molecule has 0 fully saturated rings. The highest BCUT2D eigenvalue weighted by atomic mass is 32.1. The summed E-state index contributed by atoms with van der Waals surface area (Å²) in [6.45, 7) is 0. The van der Waals surface area contributed by atoms with Crippen LogP contribution in [0.15, 0.2) is 53.6 Å². The van der Waals surface area contributed by atoms with Crippen molar-refractivity contribution >= 4 is 32.4 Å². The van der Waals surface area contributed by atoms with E-state index in [9.17, 15) is 22.8 Å². The Morgan fingerprint density at radius 2 is 2.06 bits per heavy atom. The number of hydrogen-bond donors (Lipinski definition) is 1. The maximum Gasteiger partial charge on any atom is 0.409 e. The highest BCUT2D eigenvalue weighted by Crippen LogP contribution is 2.28. The van der Waals surface area contributed by atoms with Crippen LogP contribution >= 0.6 is 11.3 Å². The Kier molecular flexibility index (Phi) is 5.36. The molecule has 4 aromatic rings. The number of benzene rings is 1. The van der Waals surface area contributed by atoms with Crippen molar-refractivity contribution in [1.29, 1.82) is 0 Å². The second-order valence-electron chi connectivity index (χ2n) is 6.62. The minimum atomic E-state index is -4.73. The summed E-state index contributed by atoms with van der Waals surface area (Å²) in [5.74, 6) is -0.578.